The molecule has 0 fully saturated rings. The molecule has 162 valence electrons. The quantitative estimate of drug-likeness (QED) is 0.734. The normalized spacial score (nSPS) is 16.0. The minimum atomic E-state index is -0.497. The predicted molar refractivity (Wildman–Crippen MR) is 116 cm³/mol. The maximum Gasteiger partial charge on any atom is 0.228 e. The van der Waals surface area contributed by atoms with Gasteiger partial charge in [-0.05, 0) is 47.4 Å². The van der Waals surface area contributed by atoms with E-state index in [1.807, 2.05) is 56.0 Å². The Kier molecular flexibility index (Phi) is 6.15. The molecule has 30 heavy (non-hydrogen) atoms. The SMILES string of the molecule is COc1ccc(C2c3cc(OC)c(OC)cc3CCN2C(=O)C(C)(C)C)cc1OC. The molecule has 0 spiro atoms. The lowest BCUT2D eigenvalue weighted by Gasteiger charge is -2.41. The van der Waals surface area contributed by atoms with E-state index in [0.717, 1.165) is 23.1 Å². The van der Waals surface area contributed by atoms with E-state index in [2.05, 4.69) is 0 Å². The summed E-state index contributed by atoms with van der Waals surface area (Å²) in [5.41, 5.74) is 2.63. The molecule has 2 aromatic rings. The van der Waals surface area contributed by atoms with Crippen LogP contribution in [0.4, 0.5) is 0 Å². The molecule has 3 rings (SSSR count). The third-order valence-corrected chi connectivity index (χ3v) is 5.50. The molecule has 0 saturated heterocycles. The molecular weight excluding hydrogens is 382 g/mol. The minimum absolute atomic E-state index is 0.0997. The third kappa shape index (κ3) is 3.91. The number of amides is 1. The van der Waals surface area contributed by atoms with Crippen LogP contribution >= 0.6 is 0 Å². The van der Waals surface area contributed by atoms with Crippen LogP contribution in [0.5, 0.6) is 23.0 Å². The van der Waals surface area contributed by atoms with Crippen LogP contribution in [0.25, 0.3) is 0 Å². The van der Waals surface area contributed by atoms with Gasteiger partial charge in [-0.2, -0.15) is 0 Å². The molecule has 0 aliphatic carbocycles. The molecular formula is C24H31NO5. The Morgan fingerprint density at radius 3 is 2.00 bits per heavy atom. The summed E-state index contributed by atoms with van der Waals surface area (Å²) in [7, 11) is 6.48. The summed E-state index contributed by atoms with van der Waals surface area (Å²) < 4.78 is 22.0. The first-order chi connectivity index (χ1) is 14.2. The Morgan fingerprint density at radius 1 is 0.867 bits per heavy atom. The van der Waals surface area contributed by atoms with Gasteiger partial charge in [0.25, 0.3) is 0 Å². The van der Waals surface area contributed by atoms with Crippen molar-refractivity contribution in [2.24, 2.45) is 5.41 Å². The van der Waals surface area contributed by atoms with Crippen LogP contribution in [0.1, 0.15) is 43.5 Å². The van der Waals surface area contributed by atoms with Gasteiger partial charge in [-0.25, -0.2) is 0 Å². The number of methoxy groups -OCH3 is 4. The van der Waals surface area contributed by atoms with Crippen LogP contribution in [0.15, 0.2) is 30.3 Å². The maximum absolute atomic E-state index is 13.4. The number of carbonyl (C=O) groups excluding carboxylic acids is 1. The average molecular weight is 414 g/mol. The molecule has 2 aromatic carbocycles. The second-order valence-corrected chi connectivity index (χ2v) is 8.42. The van der Waals surface area contributed by atoms with Gasteiger partial charge in [-0.15, -0.1) is 0 Å². The van der Waals surface area contributed by atoms with Crippen molar-refractivity contribution in [2.75, 3.05) is 35.0 Å². The number of benzene rings is 2. The molecule has 6 nitrogen and oxygen atoms in total. The van der Waals surface area contributed by atoms with Crippen molar-refractivity contribution in [1.29, 1.82) is 0 Å². The lowest BCUT2D eigenvalue weighted by Crippen LogP contribution is -2.45. The lowest BCUT2D eigenvalue weighted by molar-refractivity contribution is -0.141. The molecule has 0 radical (unpaired) electrons. The van der Waals surface area contributed by atoms with Gasteiger partial charge in [0.05, 0.1) is 34.5 Å². The summed E-state index contributed by atoms with van der Waals surface area (Å²) in [6, 6.07) is 9.54. The van der Waals surface area contributed by atoms with Gasteiger partial charge in [-0.3, -0.25) is 4.79 Å². The summed E-state index contributed by atoms with van der Waals surface area (Å²) in [6.45, 7) is 6.47. The van der Waals surface area contributed by atoms with Gasteiger partial charge in [0.1, 0.15) is 0 Å². The Balaban J connectivity index is 2.21. The van der Waals surface area contributed by atoms with E-state index in [4.69, 9.17) is 18.9 Å². The third-order valence-electron chi connectivity index (χ3n) is 5.50. The molecule has 0 saturated carbocycles. The van der Waals surface area contributed by atoms with Crippen LogP contribution in [-0.2, 0) is 11.2 Å². The van der Waals surface area contributed by atoms with Gasteiger partial charge in [0.15, 0.2) is 23.0 Å². The van der Waals surface area contributed by atoms with Gasteiger partial charge < -0.3 is 23.8 Å². The first-order valence-electron chi connectivity index (χ1n) is 10.0. The zero-order valence-corrected chi connectivity index (χ0v) is 18.9. The highest BCUT2D eigenvalue weighted by Crippen LogP contribution is 2.43. The van der Waals surface area contributed by atoms with E-state index in [9.17, 15) is 4.79 Å². The first kappa shape index (κ1) is 21.8. The van der Waals surface area contributed by atoms with Crippen LogP contribution in [0, 0.1) is 5.41 Å². The number of hydrogen-bond acceptors (Lipinski definition) is 5. The van der Waals surface area contributed by atoms with Crippen LogP contribution < -0.4 is 18.9 Å². The molecule has 1 unspecified atom stereocenters. The number of ether oxygens (including phenoxy) is 4. The maximum atomic E-state index is 13.4. The van der Waals surface area contributed by atoms with E-state index in [1.54, 1.807) is 28.4 Å². The molecule has 0 aromatic heterocycles. The molecule has 1 amide bonds. The summed E-state index contributed by atoms with van der Waals surface area (Å²) in [6.07, 6.45) is 0.751. The van der Waals surface area contributed by atoms with E-state index in [1.165, 1.54) is 0 Å². The van der Waals surface area contributed by atoms with Crippen molar-refractivity contribution in [3.63, 3.8) is 0 Å². The number of nitrogens with zero attached hydrogens (tertiary/aromatic N) is 1. The Labute approximate surface area is 178 Å². The zero-order chi connectivity index (χ0) is 22.1. The van der Waals surface area contributed by atoms with Crippen molar-refractivity contribution in [1.82, 2.24) is 4.90 Å². The number of fused-ring (bicyclic) bond motifs is 1. The summed E-state index contributed by atoms with van der Waals surface area (Å²) >= 11 is 0. The molecule has 1 heterocycles. The van der Waals surface area contributed by atoms with Gasteiger partial charge in [0, 0.05) is 12.0 Å². The van der Waals surface area contributed by atoms with Crippen molar-refractivity contribution < 1.29 is 23.7 Å². The van der Waals surface area contributed by atoms with Crippen molar-refractivity contribution >= 4 is 5.91 Å². The van der Waals surface area contributed by atoms with Crippen molar-refractivity contribution in [3.8, 4) is 23.0 Å². The molecule has 1 aliphatic rings. The Hall–Kier alpha value is -2.89. The molecule has 0 N–H and O–H groups in total. The highest BCUT2D eigenvalue weighted by Gasteiger charge is 2.38. The van der Waals surface area contributed by atoms with Crippen LogP contribution in [0.2, 0.25) is 0 Å². The van der Waals surface area contributed by atoms with E-state index >= 15 is 0 Å². The molecule has 1 aliphatic heterocycles. The molecule has 0 bridgehead atoms. The smallest absolute Gasteiger partial charge is 0.228 e. The average Bonchev–Trinajstić information content (AvgIpc) is 2.75. The zero-order valence-electron chi connectivity index (χ0n) is 18.9. The fourth-order valence-electron chi connectivity index (χ4n) is 3.98. The van der Waals surface area contributed by atoms with E-state index in [0.29, 0.717) is 29.5 Å². The fourth-order valence-corrected chi connectivity index (χ4v) is 3.98. The number of carbonyl (C=O) groups is 1. The summed E-state index contributed by atoms with van der Waals surface area (Å²) in [5.74, 6) is 2.72. The Morgan fingerprint density at radius 2 is 1.43 bits per heavy atom. The summed E-state index contributed by atoms with van der Waals surface area (Å²) in [5, 5.41) is 0. The first-order valence-corrected chi connectivity index (χ1v) is 10.0. The standard InChI is InChI=1S/C24H31NO5/c1-24(2,3)23(26)25-11-10-15-12-20(29-6)21(30-7)14-17(15)22(25)16-8-9-18(27-4)19(13-16)28-5/h8-9,12-14,22H,10-11H2,1-7H3. The number of hydrogen-bond donors (Lipinski definition) is 0. The second kappa shape index (κ2) is 8.46. The number of rotatable bonds is 5. The molecule has 6 heteroatoms. The fraction of sp³-hybridized carbons (Fsp3) is 0.458. The van der Waals surface area contributed by atoms with Gasteiger partial charge in [-0.1, -0.05) is 26.8 Å². The lowest BCUT2D eigenvalue weighted by atomic mass is 9.84. The van der Waals surface area contributed by atoms with Crippen LogP contribution in [-0.4, -0.2) is 45.8 Å². The second-order valence-electron chi connectivity index (χ2n) is 8.42. The van der Waals surface area contributed by atoms with Gasteiger partial charge >= 0.3 is 0 Å². The van der Waals surface area contributed by atoms with E-state index < -0.39 is 5.41 Å². The molecule has 1 atom stereocenters. The summed E-state index contributed by atoms with van der Waals surface area (Å²) in [4.78, 5) is 15.3. The van der Waals surface area contributed by atoms with Crippen molar-refractivity contribution in [3.05, 3.63) is 47.0 Å². The van der Waals surface area contributed by atoms with Gasteiger partial charge in [0.2, 0.25) is 5.91 Å². The minimum Gasteiger partial charge on any atom is -0.493 e. The van der Waals surface area contributed by atoms with E-state index in [-0.39, 0.29) is 11.9 Å². The van der Waals surface area contributed by atoms with Crippen LogP contribution in [0.3, 0.4) is 0 Å². The highest BCUT2D eigenvalue weighted by atomic mass is 16.5. The Bertz CT molecular complexity index is 932. The highest BCUT2D eigenvalue weighted by molar-refractivity contribution is 5.83. The largest absolute Gasteiger partial charge is 0.493 e. The topological polar surface area (TPSA) is 57.2 Å². The monoisotopic (exact) mass is 413 g/mol. The predicted octanol–water partition coefficient (Wildman–Crippen LogP) is 4.24. The van der Waals surface area contributed by atoms with Crippen molar-refractivity contribution in [2.45, 2.75) is 33.2 Å².